The van der Waals surface area contributed by atoms with Crippen molar-refractivity contribution in [2.75, 3.05) is 12.0 Å². The molecule has 30 heavy (non-hydrogen) atoms. The van der Waals surface area contributed by atoms with E-state index >= 15 is 0 Å². The second-order valence-electron chi connectivity index (χ2n) is 7.16. The van der Waals surface area contributed by atoms with E-state index in [-0.39, 0.29) is 11.3 Å². The number of Topliss-reactive ketones (excluding diaryl/α,β-unsaturated/α-hetero) is 1. The number of para-hydroxylation sites is 1. The number of aliphatic hydroxyl groups is 1. The van der Waals surface area contributed by atoms with E-state index in [4.69, 9.17) is 9.15 Å². The highest BCUT2D eigenvalue weighted by Crippen LogP contribution is 2.43. The molecule has 1 N–H and O–H groups in total. The average molecular weight is 403 g/mol. The molecule has 1 atom stereocenters. The number of carbonyl (C=O) groups is 2. The summed E-state index contributed by atoms with van der Waals surface area (Å²) >= 11 is 0. The number of hydrogen-bond donors (Lipinski definition) is 1. The fourth-order valence-corrected chi connectivity index (χ4v) is 3.81. The Morgan fingerprint density at radius 2 is 1.77 bits per heavy atom. The predicted octanol–water partition coefficient (Wildman–Crippen LogP) is 4.53. The van der Waals surface area contributed by atoms with Crippen molar-refractivity contribution in [3.05, 3.63) is 88.9 Å². The van der Waals surface area contributed by atoms with Crippen LogP contribution in [0.2, 0.25) is 0 Å². The number of amides is 1. The van der Waals surface area contributed by atoms with Gasteiger partial charge in [-0.05, 0) is 61.4 Å². The van der Waals surface area contributed by atoms with Crippen LogP contribution in [0.25, 0.3) is 5.76 Å². The van der Waals surface area contributed by atoms with Crippen LogP contribution >= 0.6 is 0 Å². The number of anilines is 1. The van der Waals surface area contributed by atoms with Gasteiger partial charge in [0.2, 0.25) is 0 Å². The normalized spacial score (nSPS) is 18.1. The van der Waals surface area contributed by atoms with Gasteiger partial charge in [0.1, 0.15) is 23.3 Å². The lowest BCUT2D eigenvalue weighted by molar-refractivity contribution is -0.132. The first-order chi connectivity index (χ1) is 14.4. The molecule has 2 heterocycles. The zero-order valence-corrected chi connectivity index (χ0v) is 16.9. The van der Waals surface area contributed by atoms with Gasteiger partial charge in [-0.15, -0.1) is 0 Å². The molecule has 1 aliphatic rings. The Morgan fingerprint density at radius 3 is 2.40 bits per heavy atom. The molecule has 1 amide bonds. The summed E-state index contributed by atoms with van der Waals surface area (Å²) in [5.74, 6) is -0.645. The SMILES string of the molecule is COc1cc(C)c(/C(O)=C2/C(=O)C(=O)N(c3ccccc3)C2c2ccco2)cc1C. The van der Waals surface area contributed by atoms with Crippen molar-refractivity contribution >= 4 is 23.1 Å². The van der Waals surface area contributed by atoms with Gasteiger partial charge >= 0.3 is 0 Å². The molecule has 1 aromatic heterocycles. The van der Waals surface area contributed by atoms with E-state index in [0.29, 0.717) is 22.8 Å². The van der Waals surface area contributed by atoms with Gasteiger partial charge in [0.25, 0.3) is 11.7 Å². The molecule has 0 aliphatic carbocycles. The summed E-state index contributed by atoms with van der Waals surface area (Å²) in [6.07, 6.45) is 1.48. The number of methoxy groups -OCH3 is 1. The summed E-state index contributed by atoms with van der Waals surface area (Å²) in [5.41, 5.74) is 2.53. The molecule has 1 aliphatic heterocycles. The van der Waals surface area contributed by atoms with E-state index in [1.165, 1.54) is 11.2 Å². The van der Waals surface area contributed by atoms with Gasteiger partial charge in [-0.2, -0.15) is 0 Å². The Labute approximate surface area is 174 Å². The lowest BCUT2D eigenvalue weighted by Gasteiger charge is -2.23. The van der Waals surface area contributed by atoms with Crippen LogP contribution < -0.4 is 9.64 Å². The summed E-state index contributed by atoms with van der Waals surface area (Å²) in [6, 6.07) is 14.9. The van der Waals surface area contributed by atoms with E-state index in [2.05, 4.69) is 0 Å². The van der Waals surface area contributed by atoms with Crippen LogP contribution in [0, 0.1) is 13.8 Å². The third-order valence-electron chi connectivity index (χ3n) is 5.29. The molecule has 1 saturated heterocycles. The Bertz CT molecular complexity index is 1150. The van der Waals surface area contributed by atoms with Crippen molar-refractivity contribution in [3.63, 3.8) is 0 Å². The van der Waals surface area contributed by atoms with Gasteiger partial charge < -0.3 is 14.3 Å². The predicted molar refractivity (Wildman–Crippen MR) is 112 cm³/mol. The second kappa shape index (κ2) is 7.55. The fraction of sp³-hybridized carbons (Fsp3) is 0.167. The quantitative estimate of drug-likeness (QED) is 0.393. The maximum absolute atomic E-state index is 13.1. The number of rotatable bonds is 4. The number of benzene rings is 2. The maximum atomic E-state index is 13.1. The van der Waals surface area contributed by atoms with E-state index in [9.17, 15) is 14.7 Å². The first-order valence-electron chi connectivity index (χ1n) is 9.49. The van der Waals surface area contributed by atoms with Gasteiger partial charge in [0.05, 0.1) is 18.9 Å². The topological polar surface area (TPSA) is 80.0 Å². The minimum absolute atomic E-state index is 0.00790. The molecule has 0 radical (unpaired) electrons. The van der Waals surface area contributed by atoms with E-state index in [1.54, 1.807) is 55.6 Å². The summed E-state index contributed by atoms with van der Waals surface area (Å²) < 4.78 is 10.9. The number of aryl methyl sites for hydroxylation is 2. The van der Waals surface area contributed by atoms with Crippen molar-refractivity contribution in [3.8, 4) is 5.75 Å². The largest absolute Gasteiger partial charge is 0.507 e. The second-order valence-corrected chi connectivity index (χ2v) is 7.16. The number of nitrogens with zero attached hydrogens (tertiary/aromatic N) is 1. The third-order valence-corrected chi connectivity index (χ3v) is 5.29. The van der Waals surface area contributed by atoms with E-state index < -0.39 is 17.7 Å². The lowest BCUT2D eigenvalue weighted by atomic mass is 9.95. The molecule has 6 nitrogen and oxygen atoms in total. The van der Waals surface area contributed by atoms with Crippen LogP contribution in [0.1, 0.15) is 28.5 Å². The van der Waals surface area contributed by atoms with Crippen LogP contribution in [0.4, 0.5) is 5.69 Å². The molecule has 4 rings (SSSR count). The van der Waals surface area contributed by atoms with Crippen molar-refractivity contribution in [2.24, 2.45) is 0 Å². The number of ether oxygens (including phenoxy) is 1. The molecule has 6 heteroatoms. The van der Waals surface area contributed by atoms with Gasteiger partial charge in [0.15, 0.2) is 0 Å². The number of hydrogen-bond acceptors (Lipinski definition) is 5. The van der Waals surface area contributed by atoms with Crippen LogP contribution in [-0.2, 0) is 9.59 Å². The van der Waals surface area contributed by atoms with Gasteiger partial charge in [-0.25, -0.2) is 0 Å². The van der Waals surface area contributed by atoms with Crippen LogP contribution in [0.15, 0.2) is 70.9 Å². The van der Waals surface area contributed by atoms with Crippen molar-refractivity contribution in [1.29, 1.82) is 0 Å². The van der Waals surface area contributed by atoms with Crippen LogP contribution in [0.5, 0.6) is 5.75 Å². The highest BCUT2D eigenvalue weighted by atomic mass is 16.5. The summed E-state index contributed by atoms with van der Waals surface area (Å²) in [5, 5.41) is 11.2. The zero-order valence-electron chi connectivity index (χ0n) is 16.9. The fourth-order valence-electron chi connectivity index (χ4n) is 3.81. The third kappa shape index (κ3) is 3.06. The van der Waals surface area contributed by atoms with Crippen LogP contribution in [-0.4, -0.2) is 23.9 Å². The Balaban J connectivity index is 1.95. The minimum atomic E-state index is -0.871. The molecule has 2 aromatic carbocycles. The summed E-state index contributed by atoms with van der Waals surface area (Å²) in [7, 11) is 1.57. The molecule has 0 bridgehead atoms. The Hall–Kier alpha value is -3.80. The first-order valence-corrected chi connectivity index (χ1v) is 9.49. The summed E-state index contributed by atoms with van der Waals surface area (Å²) in [6.45, 7) is 3.66. The average Bonchev–Trinajstić information content (AvgIpc) is 3.36. The highest BCUT2D eigenvalue weighted by Gasteiger charge is 2.48. The number of aliphatic hydroxyl groups excluding tert-OH is 1. The molecule has 1 unspecified atom stereocenters. The Kier molecular flexibility index (Phi) is 4.91. The molecule has 0 saturated carbocycles. The van der Waals surface area contributed by atoms with Gasteiger partial charge in [0, 0.05) is 11.3 Å². The molecular weight excluding hydrogens is 382 g/mol. The molecule has 0 spiro atoms. The number of furan rings is 1. The minimum Gasteiger partial charge on any atom is -0.507 e. The lowest BCUT2D eigenvalue weighted by Crippen LogP contribution is -2.29. The maximum Gasteiger partial charge on any atom is 0.300 e. The van der Waals surface area contributed by atoms with Crippen LogP contribution in [0.3, 0.4) is 0 Å². The summed E-state index contributed by atoms with van der Waals surface area (Å²) in [4.78, 5) is 27.4. The van der Waals surface area contributed by atoms with Gasteiger partial charge in [-0.3, -0.25) is 14.5 Å². The van der Waals surface area contributed by atoms with Gasteiger partial charge in [-0.1, -0.05) is 18.2 Å². The van der Waals surface area contributed by atoms with E-state index in [0.717, 1.165) is 11.1 Å². The number of carbonyl (C=O) groups excluding carboxylic acids is 2. The monoisotopic (exact) mass is 403 g/mol. The zero-order chi connectivity index (χ0) is 21.4. The molecule has 1 fully saturated rings. The van der Waals surface area contributed by atoms with Crippen molar-refractivity contribution < 1.29 is 23.8 Å². The molecular formula is C24H21NO5. The first kappa shape index (κ1) is 19.5. The van der Waals surface area contributed by atoms with Crippen molar-refractivity contribution in [1.82, 2.24) is 0 Å². The standard InChI is InChI=1S/C24H21NO5/c1-14-13-19(29-3)15(2)12-17(14)22(26)20-21(18-10-7-11-30-18)25(24(28)23(20)27)16-8-5-4-6-9-16/h4-13,21,26H,1-3H3/b22-20-. The molecule has 152 valence electrons. The molecule has 3 aromatic rings. The number of ketones is 1. The smallest absolute Gasteiger partial charge is 0.300 e. The van der Waals surface area contributed by atoms with Crippen molar-refractivity contribution in [2.45, 2.75) is 19.9 Å². The highest BCUT2D eigenvalue weighted by molar-refractivity contribution is 6.51. The van der Waals surface area contributed by atoms with E-state index in [1.807, 2.05) is 19.9 Å². The Morgan fingerprint density at radius 1 is 1.03 bits per heavy atom.